The van der Waals surface area contributed by atoms with E-state index in [9.17, 15) is 5.11 Å². The van der Waals surface area contributed by atoms with Crippen LogP contribution in [0.5, 0.6) is 17.2 Å². The van der Waals surface area contributed by atoms with Crippen molar-refractivity contribution in [3.63, 3.8) is 0 Å². The average molecular weight is 257 g/mol. The Morgan fingerprint density at radius 1 is 1.00 bits per heavy atom. The van der Waals surface area contributed by atoms with Gasteiger partial charge >= 0.3 is 0 Å². The van der Waals surface area contributed by atoms with Crippen molar-refractivity contribution < 1.29 is 14.6 Å². The van der Waals surface area contributed by atoms with Crippen molar-refractivity contribution >= 4 is 5.69 Å². The van der Waals surface area contributed by atoms with Crippen molar-refractivity contribution in [3.05, 3.63) is 48.0 Å². The predicted molar refractivity (Wildman–Crippen MR) is 72.9 cm³/mol. The predicted octanol–water partition coefficient (Wildman–Crippen LogP) is 2.78. The highest BCUT2D eigenvalue weighted by Gasteiger charge is 2.11. The number of phenols is 1. The molecule has 0 unspecified atom stereocenters. The molecule has 0 amide bonds. The normalized spacial score (nSPS) is 13.1. The number of phenolic OH excluding ortho intramolecular Hbond substituents is 1. The van der Waals surface area contributed by atoms with E-state index < -0.39 is 0 Å². The lowest BCUT2D eigenvalue weighted by atomic mass is 10.2. The first kappa shape index (κ1) is 11.7. The number of benzene rings is 2. The van der Waals surface area contributed by atoms with Gasteiger partial charge in [-0.3, -0.25) is 0 Å². The van der Waals surface area contributed by atoms with Crippen molar-refractivity contribution in [1.29, 1.82) is 0 Å². The highest BCUT2D eigenvalue weighted by molar-refractivity contribution is 5.49. The van der Waals surface area contributed by atoms with Crippen LogP contribution < -0.4 is 14.8 Å². The zero-order valence-electron chi connectivity index (χ0n) is 10.4. The molecule has 0 fully saturated rings. The van der Waals surface area contributed by atoms with E-state index in [1.165, 1.54) is 0 Å². The lowest BCUT2D eigenvalue weighted by Gasteiger charge is -2.19. The van der Waals surface area contributed by atoms with Crippen LogP contribution in [-0.2, 0) is 6.54 Å². The minimum Gasteiger partial charge on any atom is -0.508 e. The standard InChI is InChI=1S/C15H15NO3/c17-13-3-1-2-12(9-13)16-10-11-4-5-14-15(8-11)19-7-6-18-14/h1-5,8-9,16-17H,6-7,10H2. The third-order valence-electron chi connectivity index (χ3n) is 2.95. The summed E-state index contributed by atoms with van der Waals surface area (Å²) in [7, 11) is 0. The van der Waals surface area contributed by atoms with E-state index in [1.807, 2.05) is 30.3 Å². The third-order valence-corrected chi connectivity index (χ3v) is 2.95. The molecule has 4 nitrogen and oxygen atoms in total. The molecule has 0 bridgehead atoms. The quantitative estimate of drug-likeness (QED) is 0.887. The molecule has 1 aliphatic heterocycles. The number of fused-ring (bicyclic) bond motifs is 1. The minimum atomic E-state index is 0.257. The van der Waals surface area contributed by atoms with Gasteiger partial charge in [-0.25, -0.2) is 0 Å². The van der Waals surface area contributed by atoms with Crippen molar-refractivity contribution in [2.75, 3.05) is 18.5 Å². The Kier molecular flexibility index (Phi) is 3.14. The van der Waals surface area contributed by atoms with Gasteiger partial charge in [-0.1, -0.05) is 12.1 Å². The number of aromatic hydroxyl groups is 1. The molecule has 0 aromatic heterocycles. The maximum absolute atomic E-state index is 9.39. The highest BCUT2D eigenvalue weighted by atomic mass is 16.6. The molecule has 0 spiro atoms. The van der Waals surface area contributed by atoms with Gasteiger partial charge in [0.15, 0.2) is 11.5 Å². The van der Waals surface area contributed by atoms with Gasteiger partial charge in [0.2, 0.25) is 0 Å². The molecule has 1 heterocycles. The van der Waals surface area contributed by atoms with Gasteiger partial charge in [0.25, 0.3) is 0 Å². The number of nitrogens with one attached hydrogen (secondary N) is 1. The van der Waals surface area contributed by atoms with Crippen molar-refractivity contribution in [3.8, 4) is 17.2 Å². The van der Waals surface area contributed by atoms with Gasteiger partial charge in [0.1, 0.15) is 19.0 Å². The molecule has 1 aliphatic rings. The maximum atomic E-state index is 9.39. The van der Waals surface area contributed by atoms with E-state index in [1.54, 1.807) is 12.1 Å². The highest BCUT2D eigenvalue weighted by Crippen LogP contribution is 2.31. The fraction of sp³-hybridized carbons (Fsp3) is 0.200. The van der Waals surface area contributed by atoms with Crippen LogP contribution in [-0.4, -0.2) is 18.3 Å². The summed E-state index contributed by atoms with van der Waals surface area (Å²) >= 11 is 0. The zero-order chi connectivity index (χ0) is 13.1. The first-order valence-corrected chi connectivity index (χ1v) is 6.23. The first-order valence-electron chi connectivity index (χ1n) is 6.23. The molecular weight excluding hydrogens is 242 g/mol. The van der Waals surface area contributed by atoms with E-state index in [-0.39, 0.29) is 5.75 Å². The Balaban J connectivity index is 1.70. The van der Waals surface area contributed by atoms with Crippen LogP contribution in [0.3, 0.4) is 0 Å². The SMILES string of the molecule is Oc1cccc(NCc2ccc3c(c2)OCCO3)c1. The summed E-state index contributed by atoms with van der Waals surface area (Å²) in [5.41, 5.74) is 1.99. The number of ether oxygens (including phenoxy) is 2. The summed E-state index contributed by atoms with van der Waals surface area (Å²) in [5.74, 6) is 1.85. The molecule has 0 atom stereocenters. The van der Waals surface area contributed by atoms with Crippen LogP contribution in [0.25, 0.3) is 0 Å². The van der Waals surface area contributed by atoms with Crippen LogP contribution in [0.1, 0.15) is 5.56 Å². The lowest BCUT2D eigenvalue weighted by Crippen LogP contribution is -2.15. The summed E-state index contributed by atoms with van der Waals surface area (Å²) in [5, 5.41) is 12.6. The van der Waals surface area contributed by atoms with Gasteiger partial charge in [0.05, 0.1) is 0 Å². The van der Waals surface area contributed by atoms with Crippen molar-refractivity contribution in [2.45, 2.75) is 6.54 Å². The van der Waals surface area contributed by atoms with Crippen LogP contribution in [0, 0.1) is 0 Å². The molecule has 0 saturated carbocycles. The fourth-order valence-corrected chi connectivity index (χ4v) is 2.02. The maximum Gasteiger partial charge on any atom is 0.161 e. The van der Waals surface area contributed by atoms with Crippen LogP contribution >= 0.6 is 0 Å². The summed E-state index contributed by atoms with van der Waals surface area (Å²) in [6, 6.07) is 13.0. The Morgan fingerprint density at radius 2 is 1.84 bits per heavy atom. The molecule has 98 valence electrons. The number of hydrogen-bond donors (Lipinski definition) is 2. The minimum absolute atomic E-state index is 0.257. The van der Waals surface area contributed by atoms with Gasteiger partial charge in [-0.15, -0.1) is 0 Å². The largest absolute Gasteiger partial charge is 0.508 e. The summed E-state index contributed by atoms with van der Waals surface area (Å²) in [4.78, 5) is 0. The van der Waals surface area contributed by atoms with Gasteiger partial charge in [-0.2, -0.15) is 0 Å². The Labute approximate surface area is 111 Å². The number of rotatable bonds is 3. The van der Waals surface area contributed by atoms with Crippen molar-refractivity contribution in [2.24, 2.45) is 0 Å². The average Bonchev–Trinajstić information content (AvgIpc) is 2.45. The molecule has 19 heavy (non-hydrogen) atoms. The topological polar surface area (TPSA) is 50.7 Å². The lowest BCUT2D eigenvalue weighted by molar-refractivity contribution is 0.171. The summed E-state index contributed by atoms with van der Waals surface area (Å²) in [6.07, 6.45) is 0. The molecule has 4 heteroatoms. The van der Waals surface area contributed by atoms with Crippen molar-refractivity contribution in [1.82, 2.24) is 0 Å². The van der Waals surface area contributed by atoms with E-state index in [2.05, 4.69) is 5.32 Å². The molecule has 0 radical (unpaired) electrons. The fourth-order valence-electron chi connectivity index (χ4n) is 2.02. The number of anilines is 1. The van der Waals surface area contributed by atoms with Crippen LogP contribution in [0.4, 0.5) is 5.69 Å². The Morgan fingerprint density at radius 3 is 2.68 bits per heavy atom. The Bertz CT molecular complexity index is 583. The van der Waals surface area contributed by atoms with Crippen LogP contribution in [0.2, 0.25) is 0 Å². The van der Waals surface area contributed by atoms with Gasteiger partial charge < -0.3 is 19.9 Å². The summed E-state index contributed by atoms with van der Waals surface area (Å²) < 4.78 is 11.0. The number of hydrogen-bond acceptors (Lipinski definition) is 4. The molecule has 0 aliphatic carbocycles. The zero-order valence-corrected chi connectivity index (χ0v) is 10.4. The van der Waals surface area contributed by atoms with E-state index in [4.69, 9.17) is 9.47 Å². The summed E-state index contributed by atoms with van der Waals surface area (Å²) in [6.45, 7) is 1.87. The van der Waals surface area contributed by atoms with Gasteiger partial charge in [0, 0.05) is 18.3 Å². The second kappa shape index (κ2) is 5.10. The van der Waals surface area contributed by atoms with Crippen LogP contribution in [0.15, 0.2) is 42.5 Å². The van der Waals surface area contributed by atoms with Gasteiger partial charge in [-0.05, 0) is 29.8 Å². The monoisotopic (exact) mass is 257 g/mol. The molecule has 0 saturated heterocycles. The van der Waals surface area contributed by atoms with E-state index in [0.29, 0.717) is 19.8 Å². The second-order valence-electron chi connectivity index (χ2n) is 4.38. The second-order valence-corrected chi connectivity index (χ2v) is 4.38. The molecular formula is C15H15NO3. The van der Waals surface area contributed by atoms with E-state index in [0.717, 1.165) is 22.7 Å². The smallest absolute Gasteiger partial charge is 0.161 e. The Hall–Kier alpha value is -2.36. The third kappa shape index (κ3) is 2.73. The molecule has 2 aromatic rings. The molecule has 3 rings (SSSR count). The molecule has 2 N–H and O–H groups in total. The van der Waals surface area contributed by atoms with E-state index >= 15 is 0 Å². The first-order chi connectivity index (χ1) is 9.31. The molecule has 2 aromatic carbocycles.